The lowest BCUT2D eigenvalue weighted by Gasteiger charge is -2.35. The van der Waals surface area contributed by atoms with Crippen molar-refractivity contribution in [2.45, 2.75) is 136 Å². The molecule has 0 radical (unpaired) electrons. The molecular formula is C56H70N8O9S. The van der Waals surface area contributed by atoms with E-state index in [2.05, 4.69) is 37.5 Å². The van der Waals surface area contributed by atoms with E-state index in [0.29, 0.717) is 18.4 Å². The van der Waals surface area contributed by atoms with Crippen molar-refractivity contribution in [2.24, 2.45) is 5.41 Å². The number of amides is 6. The lowest BCUT2D eigenvalue weighted by atomic mass is 9.85. The topological polar surface area (TPSA) is 236 Å². The number of nitrogens with zero attached hydrogens (tertiary/aromatic N) is 4. The van der Waals surface area contributed by atoms with Gasteiger partial charge in [-0.25, -0.2) is 4.98 Å². The third-order valence-corrected chi connectivity index (χ3v) is 14.8. The number of aliphatic hydroxyl groups is 1. The SMILES string of the molecule is Cc1ncsc1-c1ccc(CNC(=O)[C@@H]2C[C@@H](O)CN2C(=O)[C@@H](NC(=O)CCCCCCCCCC(=O)NCCN(C)C(=O)c2ccc(-c3cc(C(=O)N[C@@H]4CCc5ccccc54)no3)cc2O)C(C)(C)C)cc1. The highest BCUT2D eigenvalue weighted by Gasteiger charge is 2.44. The number of carbonyl (C=O) groups is 6. The van der Waals surface area contributed by atoms with Crippen LogP contribution in [-0.4, -0.2) is 110 Å². The molecule has 74 heavy (non-hydrogen) atoms. The highest BCUT2D eigenvalue weighted by atomic mass is 32.1. The van der Waals surface area contributed by atoms with E-state index in [9.17, 15) is 39.0 Å². The number of β-amino-alcohol motifs (C(OH)–C–C–N with tert-alkyl or cyclic N) is 1. The van der Waals surface area contributed by atoms with Crippen LogP contribution in [0.25, 0.3) is 21.8 Å². The number of aromatic hydroxyl groups is 1. The van der Waals surface area contributed by atoms with Gasteiger partial charge in [0.05, 0.1) is 33.8 Å². The Morgan fingerprint density at radius 3 is 2.26 bits per heavy atom. The summed E-state index contributed by atoms with van der Waals surface area (Å²) < 4.78 is 5.42. The molecule has 0 saturated carbocycles. The van der Waals surface area contributed by atoms with E-state index in [1.807, 2.05) is 75.7 Å². The molecule has 2 aromatic heterocycles. The zero-order valence-electron chi connectivity index (χ0n) is 43.1. The summed E-state index contributed by atoms with van der Waals surface area (Å²) in [4.78, 5) is 87.6. The lowest BCUT2D eigenvalue weighted by molar-refractivity contribution is -0.144. The molecule has 0 spiro atoms. The maximum Gasteiger partial charge on any atom is 0.273 e. The van der Waals surface area contributed by atoms with Gasteiger partial charge in [0.1, 0.15) is 17.8 Å². The van der Waals surface area contributed by atoms with Crippen molar-refractivity contribution in [1.29, 1.82) is 0 Å². The minimum Gasteiger partial charge on any atom is -0.507 e. The Hall–Kier alpha value is -6.92. The van der Waals surface area contributed by atoms with Crippen LogP contribution in [0.1, 0.15) is 141 Å². The number of hydrogen-bond donors (Lipinski definition) is 6. The Bertz CT molecular complexity index is 2770. The van der Waals surface area contributed by atoms with Gasteiger partial charge in [0.2, 0.25) is 23.6 Å². The highest BCUT2D eigenvalue weighted by Crippen LogP contribution is 2.33. The summed E-state index contributed by atoms with van der Waals surface area (Å²) in [7, 11) is 1.59. The number of nitrogens with one attached hydrogen (secondary N) is 4. The van der Waals surface area contributed by atoms with Crippen LogP contribution in [0.5, 0.6) is 5.75 Å². The Kier molecular flexibility index (Phi) is 18.8. The largest absolute Gasteiger partial charge is 0.507 e. The number of aliphatic hydroxyl groups excluding tert-OH is 1. The summed E-state index contributed by atoms with van der Waals surface area (Å²) in [6, 6.07) is 20.0. The van der Waals surface area contributed by atoms with Crippen LogP contribution < -0.4 is 21.3 Å². The number of benzene rings is 3. The summed E-state index contributed by atoms with van der Waals surface area (Å²) in [5.74, 6) is -1.86. The molecule has 4 atom stereocenters. The number of thiazole rings is 1. The smallest absolute Gasteiger partial charge is 0.273 e. The van der Waals surface area contributed by atoms with Crippen molar-refractivity contribution in [3.8, 4) is 27.5 Å². The number of aryl methyl sites for hydroxylation is 2. The number of unbranched alkanes of at least 4 members (excludes halogenated alkanes) is 6. The Morgan fingerprint density at radius 2 is 1.57 bits per heavy atom. The molecule has 0 bridgehead atoms. The summed E-state index contributed by atoms with van der Waals surface area (Å²) in [6.45, 7) is 8.33. The molecule has 7 rings (SSSR count). The van der Waals surface area contributed by atoms with Crippen molar-refractivity contribution < 1.29 is 43.5 Å². The van der Waals surface area contributed by atoms with Crippen molar-refractivity contribution in [3.05, 3.63) is 112 Å². The fourth-order valence-corrected chi connectivity index (χ4v) is 10.4. The molecule has 1 aliphatic carbocycles. The number of rotatable bonds is 23. The second-order valence-electron chi connectivity index (χ2n) is 20.6. The van der Waals surface area contributed by atoms with Gasteiger partial charge in [-0.05, 0) is 72.4 Å². The quantitative estimate of drug-likeness (QED) is 0.0353. The van der Waals surface area contributed by atoms with Gasteiger partial charge >= 0.3 is 0 Å². The minimum absolute atomic E-state index is 0.00791. The van der Waals surface area contributed by atoms with Crippen LogP contribution in [0.3, 0.4) is 0 Å². The molecule has 17 nitrogen and oxygen atoms in total. The summed E-state index contributed by atoms with van der Waals surface area (Å²) in [5.41, 5.74) is 7.03. The van der Waals surface area contributed by atoms with Crippen LogP contribution in [0.15, 0.2) is 82.8 Å². The molecular weight excluding hydrogens is 961 g/mol. The van der Waals surface area contributed by atoms with Gasteiger partial charge in [-0.15, -0.1) is 11.3 Å². The monoisotopic (exact) mass is 1030 g/mol. The number of likely N-dealkylation sites (N-methyl/N-ethyl adjacent to an activating group) is 1. The van der Waals surface area contributed by atoms with Crippen molar-refractivity contribution >= 4 is 46.8 Å². The van der Waals surface area contributed by atoms with Gasteiger partial charge in [0.25, 0.3) is 11.8 Å². The van der Waals surface area contributed by atoms with Gasteiger partial charge in [-0.3, -0.25) is 28.8 Å². The van der Waals surface area contributed by atoms with E-state index >= 15 is 0 Å². The van der Waals surface area contributed by atoms with E-state index in [0.717, 1.165) is 78.6 Å². The second-order valence-corrected chi connectivity index (χ2v) is 21.4. The van der Waals surface area contributed by atoms with E-state index in [-0.39, 0.29) is 91.5 Å². The van der Waals surface area contributed by atoms with Gasteiger partial charge in [-0.2, -0.15) is 0 Å². The fourth-order valence-electron chi connectivity index (χ4n) is 9.55. The van der Waals surface area contributed by atoms with Gasteiger partial charge in [0, 0.05) is 64.1 Å². The molecule has 1 fully saturated rings. The lowest BCUT2D eigenvalue weighted by Crippen LogP contribution is -2.57. The van der Waals surface area contributed by atoms with Crippen molar-refractivity contribution in [2.75, 3.05) is 26.7 Å². The second kappa shape index (κ2) is 25.3. The Labute approximate surface area is 436 Å². The zero-order valence-corrected chi connectivity index (χ0v) is 43.9. The number of hydrogen-bond acceptors (Lipinski definition) is 12. The average Bonchev–Trinajstić information content (AvgIpc) is 4.21. The molecule has 6 N–H and O–H groups in total. The standard InChI is InChI=1S/C56H70N8O9S/c1-35-50(74-34-59-35)38-21-19-36(20-22-38)32-58-53(70)45-30-40(65)33-64(45)55(72)51(56(2,3)4)61-49(68)18-12-10-8-6-7-9-11-17-48(67)57-27-28-63(5)54(71)42-25-23-39(29-46(42)66)47-31-44(62-73-47)52(69)60-43-26-24-37-15-13-14-16-41(37)43/h13-16,19-23,25,29,31,34,40,43,45,51,65-66H,6-12,17-18,24,26-28,30,32-33H2,1-5H3,(H,57,67)(H,58,70)(H,60,69)(H,61,68)/t40-,43-,45+,51-/m1/s1. The molecule has 394 valence electrons. The number of fused-ring (bicyclic) bond motifs is 1. The molecule has 18 heteroatoms. The first kappa shape index (κ1) is 54.8. The van der Waals surface area contributed by atoms with Crippen LogP contribution in [-0.2, 0) is 32.1 Å². The minimum atomic E-state index is -0.885. The van der Waals surface area contributed by atoms with Crippen LogP contribution in [0, 0.1) is 12.3 Å². The molecule has 1 saturated heterocycles. The maximum absolute atomic E-state index is 14.0. The highest BCUT2D eigenvalue weighted by molar-refractivity contribution is 7.13. The molecule has 6 amide bonds. The molecule has 3 heterocycles. The van der Waals surface area contributed by atoms with Gasteiger partial charge in [0.15, 0.2) is 11.5 Å². The number of carbonyl (C=O) groups excluding carboxylic acids is 6. The summed E-state index contributed by atoms with van der Waals surface area (Å²) in [5, 5.41) is 37.1. The van der Waals surface area contributed by atoms with E-state index in [4.69, 9.17) is 4.52 Å². The average molecular weight is 1030 g/mol. The number of phenols is 1. The third kappa shape index (κ3) is 14.4. The predicted octanol–water partition coefficient (Wildman–Crippen LogP) is 7.40. The third-order valence-electron chi connectivity index (χ3n) is 13.8. The maximum atomic E-state index is 14.0. The predicted molar refractivity (Wildman–Crippen MR) is 282 cm³/mol. The first-order valence-electron chi connectivity index (χ1n) is 25.7. The molecule has 1 aliphatic heterocycles. The van der Waals surface area contributed by atoms with Crippen molar-refractivity contribution in [3.63, 3.8) is 0 Å². The normalized spacial score (nSPS) is 16.6. The van der Waals surface area contributed by atoms with E-state index < -0.39 is 35.4 Å². The first-order valence-corrected chi connectivity index (χ1v) is 26.6. The number of phenolic OH excluding ortho intramolecular Hbond substituents is 1. The molecule has 5 aromatic rings. The van der Waals surface area contributed by atoms with Gasteiger partial charge < -0.3 is 45.8 Å². The number of likely N-dealkylation sites (tertiary alicyclic amines) is 1. The zero-order chi connectivity index (χ0) is 52.9. The summed E-state index contributed by atoms with van der Waals surface area (Å²) in [6.07, 6.45) is 7.48. The Balaban J connectivity index is 0.739. The molecule has 2 aliphatic rings. The fraction of sp³-hybridized carbons (Fsp3) is 0.464. The Morgan fingerprint density at radius 1 is 0.878 bits per heavy atom. The molecule has 0 unspecified atom stereocenters. The molecule has 3 aromatic carbocycles. The first-order chi connectivity index (χ1) is 35.5. The summed E-state index contributed by atoms with van der Waals surface area (Å²) >= 11 is 1.57. The van der Waals surface area contributed by atoms with Crippen molar-refractivity contribution in [1.82, 2.24) is 41.2 Å². The van der Waals surface area contributed by atoms with Gasteiger partial charge in [-0.1, -0.05) is 113 Å². The van der Waals surface area contributed by atoms with E-state index in [1.54, 1.807) is 24.5 Å². The van der Waals surface area contributed by atoms with E-state index in [1.165, 1.54) is 33.6 Å². The van der Waals surface area contributed by atoms with Crippen LogP contribution in [0.4, 0.5) is 0 Å². The van der Waals surface area contributed by atoms with Crippen LogP contribution in [0.2, 0.25) is 0 Å². The van der Waals surface area contributed by atoms with Crippen LogP contribution >= 0.6 is 11.3 Å². The number of aromatic nitrogens is 2.